The number of nitrogens with one attached hydrogen (secondary N) is 1. The standard InChI is InChI=1S/C39H49N7O7/c1-6-8-9-12-23-51-39(50)44-36(40)28-14-17-30(18-15-28)42-25-34-43-31-24-29(16-19-32(31)45(34)5)37(48)46(33-13-10-11-21-41-33)22-20-35(47)52-27(4)53-38(49)26(3)7-2/h10-11,13-19,21,24,26-27,42H,6-9,12,20,22-23,25H2,1-5H3,(H2,40,44,50). The van der Waals surface area contributed by atoms with Gasteiger partial charge >= 0.3 is 18.0 Å². The van der Waals surface area contributed by atoms with Crippen LogP contribution in [0.1, 0.15) is 88.0 Å². The summed E-state index contributed by atoms with van der Waals surface area (Å²) in [7, 11) is 1.89. The minimum Gasteiger partial charge on any atom is -0.448 e. The van der Waals surface area contributed by atoms with Crippen LogP contribution in [0.15, 0.2) is 71.9 Å². The first kappa shape index (κ1) is 40.0. The first-order chi connectivity index (χ1) is 25.5. The highest BCUT2D eigenvalue weighted by Crippen LogP contribution is 2.22. The van der Waals surface area contributed by atoms with Gasteiger partial charge in [0.2, 0.25) is 6.29 Å². The zero-order chi connectivity index (χ0) is 38.3. The second-order valence-corrected chi connectivity index (χ2v) is 12.6. The summed E-state index contributed by atoms with van der Waals surface area (Å²) in [4.78, 5) is 65.0. The number of rotatable bonds is 18. The lowest BCUT2D eigenvalue weighted by Crippen LogP contribution is -2.34. The topological polar surface area (TPSA) is 180 Å². The van der Waals surface area contributed by atoms with Gasteiger partial charge in [0.15, 0.2) is 0 Å². The fourth-order valence-electron chi connectivity index (χ4n) is 5.27. The smallest absolute Gasteiger partial charge is 0.435 e. The lowest BCUT2D eigenvalue weighted by atomic mass is 10.1. The van der Waals surface area contributed by atoms with Crippen molar-refractivity contribution in [3.63, 3.8) is 0 Å². The van der Waals surface area contributed by atoms with Crippen LogP contribution in [0.25, 0.3) is 11.0 Å². The summed E-state index contributed by atoms with van der Waals surface area (Å²) < 4.78 is 17.6. The molecule has 4 aromatic rings. The molecule has 2 heterocycles. The second kappa shape index (κ2) is 19.7. The number of amidine groups is 1. The lowest BCUT2D eigenvalue weighted by Gasteiger charge is -2.22. The predicted octanol–water partition coefficient (Wildman–Crippen LogP) is 6.52. The maximum absolute atomic E-state index is 13.9. The molecule has 0 fully saturated rings. The Morgan fingerprint density at radius 2 is 1.72 bits per heavy atom. The molecule has 0 saturated heterocycles. The molecule has 2 aromatic heterocycles. The number of hydrogen-bond acceptors (Lipinski definition) is 10. The highest BCUT2D eigenvalue weighted by molar-refractivity contribution is 6.07. The van der Waals surface area contributed by atoms with Crippen molar-refractivity contribution in [3.8, 4) is 0 Å². The summed E-state index contributed by atoms with van der Waals surface area (Å²) in [5, 5.41) is 3.34. The Labute approximate surface area is 309 Å². The van der Waals surface area contributed by atoms with Gasteiger partial charge in [-0.2, -0.15) is 4.99 Å². The minimum atomic E-state index is -1.06. The molecule has 0 radical (unpaired) electrons. The van der Waals surface area contributed by atoms with E-state index in [9.17, 15) is 19.2 Å². The number of hydrogen-bond donors (Lipinski definition) is 2. The third-order valence-corrected chi connectivity index (χ3v) is 8.59. The van der Waals surface area contributed by atoms with E-state index in [1.165, 1.54) is 11.8 Å². The molecule has 2 aromatic carbocycles. The highest BCUT2D eigenvalue weighted by Gasteiger charge is 2.23. The number of aryl methyl sites for hydroxylation is 1. The van der Waals surface area contributed by atoms with Gasteiger partial charge < -0.3 is 29.8 Å². The number of carbonyl (C=O) groups is 4. The van der Waals surface area contributed by atoms with Crippen LogP contribution in [-0.2, 0) is 37.4 Å². The molecule has 0 aliphatic rings. The van der Waals surface area contributed by atoms with Crippen LogP contribution in [0, 0.1) is 5.92 Å². The van der Waals surface area contributed by atoms with E-state index in [2.05, 4.69) is 22.2 Å². The van der Waals surface area contributed by atoms with Crippen LogP contribution in [0.4, 0.5) is 16.3 Å². The molecule has 2 atom stereocenters. The number of pyridine rings is 1. The Bertz CT molecular complexity index is 1880. The van der Waals surface area contributed by atoms with Crippen molar-refractivity contribution in [2.75, 3.05) is 23.4 Å². The molecule has 0 aliphatic carbocycles. The van der Waals surface area contributed by atoms with Crippen molar-refractivity contribution in [3.05, 3.63) is 83.8 Å². The molecule has 3 N–H and O–H groups in total. The number of aliphatic imine (C=N–C) groups is 1. The summed E-state index contributed by atoms with van der Waals surface area (Å²) in [6, 6.07) is 17.6. The van der Waals surface area contributed by atoms with Crippen LogP contribution in [-0.4, -0.2) is 63.8 Å². The molecule has 4 rings (SSSR count). The molecular formula is C39H49N7O7. The van der Waals surface area contributed by atoms with Gasteiger partial charge in [-0.15, -0.1) is 0 Å². The largest absolute Gasteiger partial charge is 0.448 e. The van der Waals surface area contributed by atoms with E-state index in [0.29, 0.717) is 42.0 Å². The molecule has 2 amide bonds. The number of ether oxygens (including phenoxy) is 3. The van der Waals surface area contributed by atoms with E-state index in [1.54, 1.807) is 55.6 Å². The Hall–Kier alpha value is -5.79. The number of amides is 2. The number of unbranched alkanes of at least 4 members (excludes halogenated alkanes) is 3. The number of nitrogens with two attached hydrogens (primary N) is 1. The summed E-state index contributed by atoms with van der Waals surface area (Å²) in [5.41, 5.74) is 9.22. The third-order valence-electron chi connectivity index (χ3n) is 8.59. The van der Waals surface area contributed by atoms with E-state index >= 15 is 0 Å². The Morgan fingerprint density at radius 3 is 2.42 bits per heavy atom. The summed E-state index contributed by atoms with van der Waals surface area (Å²) in [6.07, 6.45) is 4.25. The zero-order valence-corrected chi connectivity index (χ0v) is 31.0. The molecule has 0 aliphatic heterocycles. The summed E-state index contributed by atoms with van der Waals surface area (Å²) >= 11 is 0. The Kier molecular flexibility index (Phi) is 14.9. The number of esters is 2. The van der Waals surface area contributed by atoms with E-state index < -0.39 is 24.3 Å². The molecule has 0 bridgehead atoms. The number of carbonyl (C=O) groups excluding carboxylic acids is 4. The number of fused-ring (bicyclic) bond motifs is 1. The number of imidazole rings is 1. The SMILES string of the molecule is CCCCCCOC(=O)/N=C(/N)c1ccc(NCc2nc3cc(C(=O)N(CCC(=O)OC(C)OC(=O)C(C)CC)c4ccccn4)ccc3n2C)cc1. The minimum absolute atomic E-state index is 0.0182. The van der Waals surface area contributed by atoms with Crippen LogP contribution in [0.3, 0.4) is 0 Å². The van der Waals surface area contributed by atoms with Crippen molar-refractivity contribution in [2.24, 2.45) is 23.7 Å². The fourth-order valence-corrected chi connectivity index (χ4v) is 5.27. The molecule has 0 saturated carbocycles. The van der Waals surface area contributed by atoms with Crippen LogP contribution in [0.5, 0.6) is 0 Å². The first-order valence-electron chi connectivity index (χ1n) is 17.9. The monoisotopic (exact) mass is 727 g/mol. The molecule has 2 unspecified atom stereocenters. The van der Waals surface area contributed by atoms with Crippen LogP contribution in [0.2, 0.25) is 0 Å². The summed E-state index contributed by atoms with van der Waals surface area (Å²) in [5.74, 6) is -0.591. The fraction of sp³-hybridized carbons (Fsp3) is 0.410. The number of anilines is 2. The zero-order valence-electron chi connectivity index (χ0n) is 31.0. The van der Waals surface area contributed by atoms with Gasteiger partial charge in [-0.05, 0) is 67.4 Å². The molecule has 282 valence electrons. The molecule has 14 heteroatoms. The Morgan fingerprint density at radius 1 is 0.962 bits per heavy atom. The second-order valence-electron chi connectivity index (χ2n) is 12.6. The average Bonchev–Trinajstić information content (AvgIpc) is 3.47. The molecule has 0 spiro atoms. The van der Waals surface area contributed by atoms with Gasteiger partial charge in [0.1, 0.15) is 17.5 Å². The van der Waals surface area contributed by atoms with Crippen LogP contribution < -0.4 is 16.0 Å². The van der Waals surface area contributed by atoms with Gasteiger partial charge in [-0.1, -0.05) is 46.1 Å². The Balaban J connectivity index is 1.39. The molecule has 14 nitrogen and oxygen atoms in total. The van der Waals surface area contributed by atoms with Crippen molar-refractivity contribution in [1.82, 2.24) is 14.5 Å². The van der Waals surface area contributed by atoms with Crippen LogP contribution >= 0.6 is 0 Å². The van der Waals surface area contributed by atoms with Gasteiger partial charge in [0.05, 0.1) is 36.5 Å². The van der Waals surface area contributed by atoms with E-state index in [0.717, 1.165) is 42.7 Å². The van der Waals surface area contributed by atoms with Gasteiger partial charge in [-0.3, -0.25) is 19.3 Å². The molecule has 53 heavy (non-hydrogen) atoms. The van der Waals surface area contributed by atoms with Crippen molar-refractivity contribution in [2.45, 2.75) is 79.1 Å². The van der Waals surface area contributed by atoms with E-state index in [4.69, 9.17) is 24.9 Å². The lowest BCUT2D eigenvalue weighted by molar-refractivity contribution is -0.187. The molecular weight excluding hydrogens is 678 g/mol. The first-order valence-corrected chi connectivity index (χ1v) is 17.9. The quantitative estimate of drug-likeness (QED) is 0.0375. The number of aromatic nitrogens is 3. The summed E-state index contributed by atoms with van der Waals surface area (Å²) in [6.45, 7) is 7.88. The average molecular weight is 728 g/mol. The maximum atomic E-state index is 13.9. The van der Waals surface area contributed by atoms with Gasteiger partial charge in [-0.25, -0.2) is 14.8 Å². The van der Waals surface area contributed by atoms with Gasteiger partial charge in [0, 0.05) is 43.5 Å². The number of benzene rings is 2. The van der Waals surface area contributed by atoms with Crippen molar-refractivity contribution >= 4 is 52.3 Å². The van der Waals surface area contributed by atoms with Gasteiger partial charge in [0.25, 0.3) is 5.91 Å². The van der Waals surface area contributed by atoms with E-state index in [1.807, 2.05) is 36.7 Å². The maximum Gasteiger partial charge on any atom is 0.435 e. The van der Waals surface area contributed by atoms with Crippen molar-refractivity contribution in [1.29, 1.82) is 0 Å². The van der Waals surface area contributed by atoms with E-state index in [-0.39, 0.29) is 30.6 Å². The number of nitrogens with zero attached hydrogens (tertiary/aromatic N) is 5. The van der Waals surface area contributed by atoms with Crippen molar-refractivity contribution < 1.29 is 33.4 Å². The predicted molar refractivity (Wildman–Crippen MR) is 202 cm³/mol. The normalized spacial score (nSPS) is 12.5. The highest BCUT2D eigenvalue weighted by atomic mass is 16.7. The third kappa shape index (κ3) is 11.6.